The van der Waals surface area contributed by atoms with Gasteiger partial charge in [0, 0.05) is 16.5 Å². The summed E-state index contributed by atoms with van der Waals surface area (Å²) < 4.78 is 20.5. The molecule has 4 aromatic carbocycles. The molecule has 4 rings (SSSR count). The first-order valence-electron chi connectivity index (χ1n) is 12.1. The average Bonchev–Trinajstić information content (AvgIpc) is 3.03. The second-order valence-electron chi connectivity index (χ2n) is 8.23. The van der Waals surface area contributed by atoms with Crippen LogP contribution in [0.1, 0.15) is 29.7 Å². The summed E-state index contributed by atoms with van der Waals surface area (Å²) >= 11 is 21.8. The molecule has 42 heavy (non-hydrogen) atoms. The molecule has 0 saturated heterocycles. The van der Waals surface area contributed by atoms with Gasteiger partial charge in [0.25, 0.3) is 0 Å². The van der Waals surface area contributed by atoms with Crippen LogP contribution in [0.3, 0.4) is 0 Å². The van der Waals surface area contributed by atoms with Crippen molar-refractivity contribution >= 4 is 70.1 Å². The fourth-order valence-corrected chi connectivity index (χ4v) is 4.51. The van der Waals surface area contributed by atoms with Crippen LogP contribution >= 0.6 is 0 Å². The summed E-state index contributed by atoms with van der Waals surface area (Å²) in [5.74, 6) is 3.19. The van der Waals surface area contributed by atoms with Crippen LogP contribution in [0.4, 0.5) is 0 Å². The zero-order chi connectivity index (χ0) is 29.1. The van der Waals surface area contributed by atoms with Gasteiger partial charge in [0.15, 0.2) is 0 Å². The maximum Gasteiger partial charge on any atom is 0.118 e. The van der Waals surface area contributed by atoms with Gasteiger partial charge in [0.05, 0.1) is 28.4 Å². The van der Waals surface area contributed by atoms with E-state index in [1.807, 2.05) is 97.1 Å². The summed E-state index contributed by atoms with van der Waals surface area (Å²) in [4.78, 5) is 2.64. The summed E-state index contributed by atoms with van der Waals surface area (Å²) in [6, 6.07) is 30.3. The van der Waals surface area contributed by atoms with E-state index >= 15 is 0 Å². The van der Waals surface area contributed by atoms with E-state index in [1.165, 1.54) is 0 Å². The van der Waals surface area contributed by atoms with Gasteiger partial charge in [0.2, 0.25) is 0 Å². The normalized spacial score (nSPS) is 11.1. The third-order valence-electron chi connectivity index (χ3n) is 5.82. The molecular weight excluding hydrogens is 647 g/mol. The van der Waals surface area contributed by atoms with Crippen LogP contribution in [0.25, 0.3) is 19.6 Å². The zero-order valence-electron chi connectivity index (χ0n) is 22.8. The van der Waals surface area contributed by atoms with Crippen molar-refractivity contribution in [3.8, 4) is 23.0 Å². The monoisotopic (exact) mass is 678 g/mol. The van der Waals surface area contributed by atoms with Crippen LogP contribution in [0.5, 0.6) is 23.0 Å². The maximum absolute atomic E-state index is 5.45. The number of rotatable bonds is 8. The molecular formula is C33H32NiO4S4-4. The Morgan fingerprint density at radius 2 is 0.500 bits per heavy atom. The van der Waals surface area contributed by atoms with E-state index in [4.69, 9.17) is 69.5 Å². The van der Waals surface area contributed by atoms with E-state index in [0.29, 0.717) is 19.6 Å². The molecule has 0 spiro atoms. The second kappa shape index (κ2) is 18.5. The third kappa shape index (κ3) is 10.0. The number of benzene rings is 4. The maximum atomic E-state index is 5.45. The fraction of sp³-hybridized carbons (Fsp3) is 0.152. The van der Waals surface area contributed by atoms with E-state index in [2.05, 4.69) is 0 Å². The van der Waals surface area contributed by atoms with Crippen molar-refractivity contribution in [2.75, 3.05) is 28.4 Å². The Labute approximate surface area is 282 Å². The van der Waals surface area contributed by atoms with E-state index in [-0.39, 0.29) is 23.9 Å². The molecule has 0 amide bonds. The summed E-state index contributed by atoms with van der Waals surface area (Å²) in [5.41, 5.74) is 3.67. The molecule has 226 valence electrons. The van der Waals surface area contributed by atoms with Crippen molar-refractivity contribution in [2.45, 2.75) is 7.43 Å². The van der Waals surface area contributed by atoms with Crippen LogP contribution in [0.2, 0.25) is 0 Å². The van der Waals surface area contributed by atoms with Crippen LogP contribution in [-0.2, 0) is 67.0 Å². The Morgan fingerprint density at radius 1 is 0.357 bits per heavy atom. The minimum atomic E-state index is 0. The molecule has 9 heteroatoms. The summed E-state index contributed by atoms with van der Waals surface area (Å²) in [7, 11) is 6.54. The second-order valence-corrected chi connectivity index (χ2v) is 9.86. The Bertz CT molecular complexity index is 1210. The molecule has 0 atom stereocenters. The average molecular weight is 680 g/mol. The molecule has 0 aromatic heterocycles. The van der Waals surface area contributed by atoms with Gasteiger partial charge in [-0.3, -0.25) is 0 Å². The molecule has 0 unspecified atom stereocenters. The van der Waals surface area contributed by atoms with Gasteiger partial charge in [0.1, 0.15) is 23.0 Å². The van der Waals surface area contributed by atoms with E-state index < -0.39 is 0 Å². The molecule has 4 aromatic rings. The van der Waals surface area contributed by atoms with Gasteiger partial charge in [-0.2, -0.15) is 19.6 Å². The molecule has 4 nitrogen and oxygen atoms in total. The van der Waals surface area contributed by atoms with Gasteiger partial charge >= 0.3 is 0 Å². The Kier molecular flexibility index (Phi) is 16.3. The molecule has 0 N–H and O–H groups in total. The van der Waals surface area contributed by atoms with E-state index in [0.717, 1.165) is 45.3 Å². The standard InChI is InChI=1S/2C16H16O2S2.CH4.Ni/c2*1-17-13-7-3-11(4-8-13)15(19)16(20)12-5-9-14(18-2)10-6-12;;/h2*3-10,19-20H,1-2H3;1H4;/p-4. The van der Waals surface area contributed by atoms with Crippen LogP contribution in [-0.4, -0.2) is 28.4 Å². The quantitative estimate of drug-likeness (QED) is 0.106. The van der Waals surface area contributed by atoms with Crippen molar-refractivity contribution < 1.29 is 35.4 Å². The molecule has 0 saturated carbocycles. The van der Waals surface area contributed by atoms with Crippen LogP contribution < -0.4 is 18.9 Å². The molecule has 0 heterocycles. The molecule has 0 aliphatic heterocycles. The first-order chi connectivity index (χ1) is 19.3. The number of hydrogen-bond donors (Lipinski definition) is 0. The largest absolute Gasteiger partial charge is 0.781 e. The van der Waals surface area contributed by atoms with Crippen molar-refractivity contribution in [3.63, 3.8) is 0 Å². The minimum absolute atomic E-state index is 0. The molecule has 0 fully saturated rings. The van der Waals surface area contributed by atoms with Crippen LogP contribution in [0.15, 0.2) is 97.1 Å². The first kappa shape index (κ1) is 37.0. The Morgan fingerprint density at radius 3 is 0.619 bits per heavy atom. The SMILES string of the molecule is C.COc1ccc(C([S-])=C([S-])c2ccc(OC)cc2)cc1.COc1ccc(C([S-])=C([S-])c2ccc(OC)cc2)cc1.[Ni]. The van der Waals surface area contributed by atoms with Gasteiger partial charge < -0.3 is 69.5 Å². The predicted octanol–water partition coefficient (Wildman–Crippen LogP) is 7.88. The summed E-state index contributed by atoms with van der Waals surface area (Å²) in [6.07, 6.45) is 0. The molecule has 0 aliphatic rings. The number of ether oxygens (including phenoxy) is 4. The molecule has 0 bridgehead atoms. The fourth-order valence-electron chi connectivity index (χ4n) is 3.49. The smallest absolute Gasteiger partial charge is 0.118 e. The first-order valence-corrected chi connectivity index (χ1v) is 13.7. The van der Waals surface area contributed by atoms with Crippen molar-refractivity contribution in [1.29, 1.82) is 0 Å². The topological polar surface area (TPSA) is 36.9 Å². The van der Waals surface area contributed by atoms with Gasteiger partial charge in [-0.15, -0.1) is 0 Å². The Hall–Kier alpha value is -3.07. The van der Waals surface area contributed by atoms with E-state index in [9.17, 15) is 0 Å². The number of hydrogen-bond acceptors (Lipinski definition) is 8. The minimum Gasteiger partial charge on any atom is -0.781 e. The van der Waals surface area contributed by atoms with Crippen molar-refractivity contribution in [1.82, 2.24) is 0 Å². The number of methoxy groups -OCH3 is 4. The van der Waals surface area contributed by atoms with Gasteiger partial charge in [-0.05, 0) is 70.8 Å². The van der Waals surface area contributed by atoms with Crippen molar-refractivity contribution in [3.05, 3.63) is 119 Å². The predicted molar refractivity (Wildman–Crippen MR) is 182 cm³/mol. The van der Waals surface area contributed by atoms with Crippen LogP contribution in [0, 0.1) is 0 Å². The summed E-state index contributed by atoms with van der Waals surface area (Å²) in [6.45, 7) is 0. The van der Waals surface area contributed by atoms with E-state index in [1.54, 1.807) is 28.4 Å². The summed E-state index contributed by atoms with van der Waals surface area (Å²) in [5, 5.41) is 0. The van der Waals surface area contributed by atoms with Crippen molar-refractivity contribution in [2.24, 2.45) is 0 Å². The Balaban J connectivity index is 0.000000401. The van der Waals surface area contributed by atoms with Gasteiger partial charge in [-0.1, -0.05) is 56.0 Å². The zero-order valence-corrected chi connectivity index (χ0v) is 27.1. The third-order valence-corrected chi connectivity index (χ3v) is 7.84. The molecule has 0 radical (unpaired) electrons. The van der Waals surface area contributed by atoms with Gasteiger partial charge in [-0.25, -0.2) is 0 Å². The molecule has 0 aliphatic carbocycles.